The Kier molecular flexibility index (Phi) is 6.55. The number of anilines is 2. The predicted molar refractivity (Wildman–Crippen MR) is 128 cm³/mol. The van der Waals surface area contributed by atoms with Crippen LogP contribution < -0.4 is 10.6 Å². The summed E-state index contributed by atoms with van der Waals surface area (Å²) in [6, 6.07) is 16.3. The number of hydrogen-bond donors (Lipinski definition) is 3. The number of fused-ring (bicyclic) bond motifs is 1. The van der Waals surface area contributed by atoms with E-state index in [1.165, 1.54) is 11.8 Å². The summed E-state index contributed by atoms with van der Waals surface area (Å²) in [4.78, 5) is 32.8. The summed E-state index contributed by atoms with van der Waals surface area (Å²) in [5.41, 5.74) is 3.13. The fourth-order valence-corrected chi connectivity index (χ4v) is 3.94. The number of benzene rings is 2. The van der Waals surface area contributed by atoms with Gasteiger partial charge in [0.05, 0.1) is 22.0 Å². The van der Waals surface area contributed by atoms with Crippen molar-refractivity contribution < 1.29 is 9.59 Å². The summed E-state index contributed by atoms with van der Waals surface area (Å²) in [7, 11) is 0. The first kappa shape index (κ1) is 21.6. The molecule has 2 heterocycles. The SMILES string of the molecule is CC(SCC(=O)Nc1cccc(NC(=O)C(C)n2cccn2)c1)c1nc2ccccc2[nH]1. The molecule has 2 amide bonds. The first-order valence-electron chi connectivity index (χ1n) is 10.3. The van der Waals surface area contributed by atoms with E-state index in [1.54, 1.807) is 54.3 Å². The Morgan fingerprint density at radius 2 is 1.84 bits per heavy atom. The van der Waals surface area contributed by atoms with Gasteiger partial charge in [0, 0.05) is 23.8 Å². The second-order valence-corrected chi connectivity index (χ2v) is 8.70. The fraction of sp³-hybridized carbons (Fsp3) is 0.217. The molecule has 0 radical (unpaired) electrons. The largest absolute Gasteiger partial charge is 0.341 e. The quantitative estimate of drug-likeness (QED) is 0.371. The molecule has 3 N–H and O–H groups in total. The van der Waals surface area contributed by atoms with Gasteiger partial charge in [0.1, 0.15) is 11.9 Å². The molecule has 2 aromatic heterocycles. The van der Waals surface area contributed by atoms with Crippen molar-refractivity contribution in [1.29, 1.82) is 0 Å². The van der Waals surface area contributed by atoms with Crippen LogP contribution in [0.25, 0.3) is 11.0 Å². The molecule has 0 aliphatic heterocycles. The van der Waals surface area contributed by atoms with Crippen molar-refractivity contribution in [3.63, 3.8) is 0 Å². The number of H-pyrrole nitrogens is 1. The minimum Gasteiger partial charge on any atom is -0.341 e. The number of imidazole rings is 1. The average molecular weight is 449 g/mol. The molecule has 0 aliphatic rings. The highest BCUT2D eigenvalue weighted by Crippen LogP contribution is 2.28. The minimum atomic E-state index is -0.445. The monoisotopic (exact) mass is 448 g/mol. The number of hydrogen-bond acceptors (Lipinski definition) is 5. The zero-order valence-corrected chi connectivity index (χ0v) is 18.6. The lowest BCUT2D eigenvalue weighted by molar-refractivity contribution is -0.119. The number of aromatic nitrogens is 4. The molecule has 0 fully saturated rings. The lowest BCUT2D eigenvalue weighted by Gasteiger charge is -2.14. The summed E-state index contributed by atoms with van der Waals surface area (Å²) in [6.45, 7) is 3.79. The van der Waals surface area contributed by atoms with Crippen LogP contribution in [0.3, 0.4) is 0 Å². The second kappa shape index (κ2) is 9.69. The van der Waals surface area contributed by atoms with Gasteiger partial charge in [-0.2, -0.15) is 5.10 Å². The number of nitrogens with one attached hydrogen (secondary N) is 3. The van der Waals surface area contributed by atoms with Gasteiger partial charge in [-0.15, -0.1) is 11.8 Å². The van der Waals surface area contributed by atoms with Crippen LogP contribution in [-0.2, 0) is 9.59 Å². The summed E-state index contributed by atoms with van der Waals surface area (Å²) >= 11 is 1.50. The number of nitrogens with zero attached hydrogens (tertiary/aromatic N) is 3. The molecular formula is C23H24N6O2S. The highest BCUT2D eigenvalue weighted by Gasteiger charge is 2.16. The number of para-hydroxylation sites is 2. The van der Waals surface area contributed by atoms with E-state index in [9.17, 15) is 9.59 Å². The highest BCUT2D eigenvalue weighted by molar-refractivity contribution is 8.00. The average Bonchev–Trinajstić information content (AvgIpc) is 3.47. The Morgan fingerprint density at radius 3 is 2.59 bits per heavy atom. The van der Waals surface area contributed by atoms with Crippen molar-refractivity contribution in [3.05, 3.63) is 72.8 Å². The van der Waals surface area contributed by atoms with E-state index >= 15 is 0 Å². The van der Waals surface area contributed by atoms with Gasteiger partial charge in [-0.25, -0.2) is 4.98 Å². The summed E-state index contributed by atoms with van der Waals surface area (Å²) in [5.74, 6) is 0.823. The maximum absolute atomic E-state index is 12.5. The summed E-state index contributed by atoms with van der Waals surface area (Å²) in [6.07, 6.45) is 3.37. The van der Waals surface area contributed by atoms with Gasteiger partial charge >= 0.3 is 0 Å². The molecule has 0 aliphatic carbocycles. The third-order valence-corrected chi connectivity index (χ3v) is 6.12. The maximum Gasteiger partial charge on any atom is 0.248 e. The minimum absolute atomic E-state index is 0.0440. The summed E-state index contributed by atoms with van der Waals surface area (Å²) in [5, 5.41) is 9.88. The molecule has 4 aromatic rings. The van der Waals surface area contributed by atoms with Gasteiger partial charge in [-0.1, -0.05) is 18.2 Å². The molecule has 0 saturated heterocycles. The number of rotatable bonds is 8. The molecule has 0 saturated carbocycles. The van der Waals surface area contributed by atoms with Gasteiger partial charge < -0.3 is 15.6 Å². The molecule has 32 heavy (non-hydrogen) atoms. The number of thioether (sulfide) groups is 1. The summed E-state index contributed by atoms with van der Waals surface area (Å²) < 4.78 is 1.58. The fourth-order valence-electron chi connectivity index (χ4n) is 3.19. The molecule has 0 spiro atoms. The zero-order chi connectivity index (χ0) is 22.5. The van der Waals surface area contributed by atoms with Crippen LogP contribution in [0.15, 0.2) is 67.0 Å². The molecular weight excluding hydrogens is 424 g/mol. The van der Waals surface area contributed by atoms with Crippen LogP contribution in [0.5, 0.6) is 0 Å². The normalized spacial score (nSPS) is 12.9. The number of amides is 2. The Labute approximate surface area is 189 Å². The molecule has 2 atom stereocenters. The first-order valence-corrected chi connectivity index (χ1v) is 11.3. The van der Waals surface area contributed by atoms with Gasteiger partial charge in [-0.3, -0.25) is 14.3 Å². The predicted octanol–water partition coefficient (Wildman–Crippen LogP) is 4.39. The Morgan fingerprint density at radius 1 is 1.06 bits per heavy atom. The molecule has 8 nitrogen and oxygen atoms in total. The van der Waals surface area contributed by atoms with Crippen molar-refractivity contribution in [1.82, 2.24) is 19.7 Å². The molecule has 2 unspecified atom stereocenters. The Bertz CT molecular complexity index is 1190. The zero-order valence-electron chi connectivity index (χ0n) is 17.8. The van der Waals surface area contributed by atoms with Gasteiger partial charge in [0.25, 0.3) is 0 Å². The Hall–Kier alpha value is -3.59. The third kappa shape index (κ3) is 5.17. The van der Waals surface area contributed by atoms with Crippen LogP contribution in [0.4, 0.5) is 11.4 Å². The van der Waals surface area contributed by atoms with Crippen molar-refractivity contribution >= 4 is 46.0 Å². The molecule has 164 valence electrons. The number of carbonyl (C=O) groups is 2. The lowest BCUT2D eigenvalue weighted by atomic mass is 10.2. The van der Waals surface area contributed by atoms with E-state index in [4.69, 9.17) is 0 Å². The highest BCUT2D eigenvalue weighted by atomic mass is 32.2. The van der Waals surface area contributed by atoms with E-state index in [0.29, 0.717) is 11.4 Å². The van der Waals surface area contributed by atoms with Crippen molar-refractivity contribution in [2.24, 2.45) is 0 Å². The van der Waals surface area contributed by atoms with E-state index < -0.39 is 6.04 Å². The van der Waals surface area contributed by atoms with Crippen LogP contribution >= 0.6 is 11.8 Å². The number of aromatic amines is 1. The Balaban J connectivity index is 1.30. The number of carbonyl (C=O) groups excluding carboxylic acids is 2. The van der Waals surface area contributed by atoms with Crippen LogP contribution in [-0.4, -0.2) is 37.3 Å². The lowest BCUT2D eigenvalue weighted by Crippen LogP contribution is -2.24. The molecule has 0 bridgehead atoms. The van der Waals surface area contributed by atoms with Gasteiger partial charge in [-0.05, 0) is 50.2 Å². The van der Waals surface area contributed by atoms with Crippen LogP contribution in [0, 0.1) is 0 Å². The van der Waals surface area contributed by atoms with Gasteiger partial charge in [0.2, 0.25) is 11.8 Å². The van der Waals surface area contributed by atoms with Gasteiger partial charge in [0.15, 0.2) is 0 Å². The molecule has 9 heteroatoms. The first-order chi connectivity index (χ1) is 15.5. The van der Waals surface area contributed by atoms with Crippen molar-refractivity contribution in [3.8, 4) is 0 Å². The van der Waals surface area contributed by atoms with E-state index in [-0.39, 0.29) is 22.8 Å². The van der Waals surface area contributed by atoms with Crippen LogP contribution in [0.1, 0.15) is 31.0 Å². The standard InChI is InChI=1S/C23H24N6O2S/c1-15(29-12-6-11-24-29)23(31)26-18-8-5-7-17(13-18)25-21(30)14-32-16(2)22-27-19-9-3-4-10-20(19)28-22/h3-13,15-16H,14H2,1-2H3,(H,25,30)(H,26,31)(H,27,28). The second-order valence-electron chi connectivity index (χ2n) is 7.37. The van der Waals surface area contributed by atoms with E-state index in [2.05, 4.69) is 25.7 Å². The van der Waals surface area contributed by atoms with E-state index in [1.807, 2.05) is 31.2 Å². The molecule has 2 aromatic carbocycles. The van der Waals surface area contributed by atoms with Crippen molar-refractivity contribution in [2.45, 2.75) is 25.1 Å². The van der Waals surface area contributed by atoms with E-state index in [0.717, 1.165) is 16.9 Å². The van der Waals surface area contributed by atoms with Crippen LogP contribution in [0.2, 0.25) is 0 Å². The van der Waals surface area contributed by atoms with Crippen molar-refractivity contribution in [2.75, 3.05) is 16.4 Å². The third-order valence-electron chi connectivity index (χ3n) is 4.97. The smallest absolute Gasteiger partial charge is 0.248 e. The maximum atomic E-state index is 12.5. The molecule has 4 rings (SSSR count). The topological polar surface area (TPSA) is 105 Å².